The number of nitrogens with zero attached hydrogens (tertiary/aromatic N) is 2. The zero-order chi connectivity index (χ0) is 11.7. The molecular formula is C12H12N2O2. The monoisotopic (exact) mass is 216 g/mol. The van der Waals surface area contributed by atoms with E-state index in [4.69, 9.17) is 14.8 Å². The van der Waals surface area contributed by atoms with Gasteiger partial charge in [-0.3, -0.25) is 0 Å². The maximum Gasteiger partial charge on any atom is 0.121 e. The van der Waals surface area contributed by atoms with Gasteiger partial charge in [-0.15, -0.1) is 0 Å². The third-order valence-electron chi connectivity index (χ3n) is 2.65. The summed E-state index contributed by atoms with van der Waals surface area (Å²) < 4.78 is 6.79. The van der Waals surface area contributed by atoms with Gasteiger partial charge in [0.25, 0.3) is 0 Å². The number of fused-ring (bicyclic) bond motifs is 1. The van der Waals surface area contributed by atoms with Gasteiger partial charge in [-0.05, 0) is 19.1 Å². The Hall–Kier alpha value is -2.15. The molecule has 1 aromatic carbocycles. The molecule has 0 saturated carbocycles. The maximum atomic E-state index is 9.10. The van der Waals surface area contributed by atoms with Crippen LogP contribution in [-0.2, 0) is 0 Å². The molecular weight excluding hydrogens is 204 g/mol. The van der Waals surface area contributed by atoms with Crippen molar-refractivity contribution in [3.63, 3.8) is 0 Å². The minimum atomic E-state index is 0.638. The lowest BCUT2D eigenvalue weighted by Gasteiger charge is -2.05. The Morgan fingerprint density at radius 2 is 2.06 bits per heavy atom. The highest BCUT2D eigenvalue weighted by atomic mass is 16.6. The molecule has 1 heterocycles. The summed E-state index contributed by atoms with van der Waals surface area (Å²) >= 11 is 0. The van der Waals surface area contributed by atoms with Crippen LogP contribution >= 0.6 is 0 Å². The van der Waals surface area contributed by atoms with Crippen LogP contribution in [-0.4, -0.2) is 19.0 Å². The van der Waals surface area contributed by atoms with Crippen LogP contribution in [0.25, 0.3) is 10.9 Å². The van der Waals surface area contributed by atoms with Gasteiger partial charge in [-0.25, -0.2) is 0 Å². The van der Waals surface area contributed by atoms with Crippen molar-refractivity contribution in [2.24, 2.45) is 0 Å². The molecule has 0 bridgehead atoms. The molecule has 4 nitrogen and oxygen atoms in total. The van der Waals surface area contributed by atoms with Crippen molar-refractivity contribution in [2.75, 3.05) is 14.2 Å². The predicted molar refractivity (Wildman–Crippen MR) is 60.4 cm³/mol. The molecule has 2 rings (SSSR count). The normalized spacial score (nSPS) is 10.1. The Bertz CT molecular complexity index is 579. The maximum absolute atomic E-state index is 9.10. The van der Waals surface area contributed by atoms with Crippen LogP contribution in [0.2, 0.25) is 0 Å². The molecule has 0 aliphatic rings. The standard InChI is InChI=1S/C12H12N2O2/c1-8-11(7-13)10-5-4-9(15-2)6-12(10)14(8)16-3/h4-6H,1-3H3. The van der Waals surface area contributed by atoms with Crippen molar-refractivity contribution in [2.45, 2.75) is 6.92 Å². The Kier molecular flexibility index (Phi) is 2.45. The van der Waals surface area contributed by atoms with Gasteiger partial charge in [-0.2, -0.15) is 9.99 Å². The van der Waals surface area contributed by atoms with Crippen LogP contribution in [0.5, 0.6) is 5.75 Å². The highest BCUT2D eigenvalue weighted by molar-refractivity contribution is 5.88. The van der Waals surface area contributed by atoms with Crippen LogP contribution in [0, 0.1) is 18.3 Å². The Balaban J connectivity index is 2.85. The number of ether oxygens (including phenoxy) is 1. The molecule has 4 heteroatoms. The van der Waals surface area contributed by atoms with E-state index in [1.54, 1.807) is 19.0 Å². The van der Waals surface area contributed by atoms with Crippen LogP contribution in [0.1, 0.15) is 11.3 Å². The number of aromatic nitrogens is 1. The van der Waals surface area contributed by atoms with Crippen molar-refractivity contribution < 1.29 is 9.57 Å². The minimum absolute atomic E-state index is 0.638. The Morgan fingerprint density at radius 1 is 1.31 bits per heavy atom. The number of rotatable bonds is 2. The molecule has 82 valence electrons. The van der Waals surface area contributed by atoms with E-state index in [-0.39, 0.29) is 0 Å². The van der Waals surface area contributed by atoms with E-state index >= 15 is 0 Å². The zero-order valence-electron chi connectivity index (χ0n) is 9.44. The second-order valence-electron chi connectivity index (χ2n) is 3.43. The van der Waals surface area contributed by atoms with Gasteiger partial charge in [0.05, 0.1) is 23.9 Å². The average molecular weight is 216 g/mol. The summed E-state index contributed by atoms with van der Waals surface area (Å²) in [5.74, 6) is 0.743. The van der Waals surface area contributed by atoms with Crippen LogP contribution in [0.4, 0.5) is 0 Å². The molecule has 0 N–H and O–H groups in total. The van der Waals surface area contributed by atoms with E-state index in [9.17, 15) is 0 Å². The summed E-state index contributed by atoms with van der Waals surface area (Å²) in [6, 6.07) is 7.75. The van der Waals surface area contributed by atoms with Gasteiger partial charge in [0.15, 0.2) is 0 Å². The third-order valence-corrected chi connectivity index (χ3v) is 2.65. The first kappa shape index (κ1) is 10.4. The van der Waals surface area contributed by atoms with Crippen molar-refractivity contribution in [3.8, 4) is 11.8 Å². The fourth-order valence-electron chi connectivity index (χ4n) is 1.87. The summed E-state index contributed by atoms with van der Waals surface area (Å²) in [5.41, 5.74) is 2.28. The first-order valence-corrected chi connectivity index (χ1v) is 4.86. The molecule has 0 aliphatic heterocycles. The van der Waals surface area contributed by atoms with Crippen molar-refractivity contribution >= 4 is 10.9 Å². The van der Waals surface area contributed by atoms with Gasteiger partial charge in [-0.1, -0.05) is 0 Å². The molecule has 1 aromatic heterocycles. The summed E-state index contributed by atoms with van der Waals surface area (Å²) in [6.45, 7) is 1.86. The number of nitriles is 1. The molecule has 0 fully saturated rings. The first-order chi connectivity index (χ1) is 7.72. The second kappa shape index (κ2) is 3.78. The third kappa shape index (κ3) is 1.29. The number of methoxy groups -OCH3 is 1. The smallest absolute Gasteiger partial charge is 0.121 e. The van der Waals surface area contributed by atoms with Crippen LogP contribution < -0.4 is 9.57 Å². The summed E-state index contributed by atoms with van der Waals surface area (Å²) in [4.78, 5) is 5.25. The molecule has 0 saturated heterocycles. The van der Waals surface area contributed by atoms with E-state index in [1.165, 1.54) is 0 Å². The number of hydrogen-bond donors (Lipinski definition) is 0. The van der Waals surface area contributed by atoms with E-state index < -0.39 is 0 Å². The van der Waals surface area contributed by atoms with Gasteiger partial charge in [0, 0.05) is 11.5 Å². The van der Waals surface area contributed by atoms with E-state index in [0.717, 1.165) is 22.3 Å². The van der Waals surface area contributed by atoms with Gasteiger partial charge in [0.1, 0.15) is 18.9 Å². The molecule has 0 unspecified atom stereocenters. The summed E-state index contributed by atoms with van der Waals surface area (Å²) in [6.07, 6.45) is 0. The Labute approximate surface area is 93.6 Å². The molecule has 0 atom stereocenters. The van der Waals surface area contributed by atoms with Gasteiger partial charge >= 0.3 is 0 Å². The Morgan fingerprint density at radius 3 is 2.62 bits per heavy atom. The molecule has 0 amide bonds. The second-order valence-corrected chi connectivity index (χ2v) is 3.43. The highest BCUT2D eigenvalue weighted by Crippen LogP contribution is 2.27. The lowest BCUT2D eigenvalue weighted by Crippen LogP contribution is -2.07. The highest BCUT2D eigenvalue weighted by Gasteiger charge is 2.14. The fourth-order valence-corrected chi connectivity index (χ4v) is 1.87. The van der Waals surface area contributed by atoms with Crippen molar-refractivity contribution in [1.82, 2.24) is 4.73 Å². The van der Waals surface area contributed by atoms with Gasteiger partial charge < -0.3 is 9.57 Å². The zero-order valence-corrected chi connectivity index (χ0v) is 9.44. The number of hydrogen-bond acceptors (Lipinski definition) is 3. The van der Waals surface area contributed by atoms with Crippen LogP contribution in [0.15, 0.2) is 18.2 Å². The van der Waals surface area contributed by atoms with Gasteiger partial charge in [0.2, 0.25) is 0 Å². The molecule has 0 spiro atoms. The lowest BCUT2D eigenvalue weighted by atomic mass is 10.1. The summed E-state index contributed by atoms with van der Waals surface area (Å²) in [5, 5.41) is 9.98. The quantitative estimate of drug-likeness (QED) is 0.770. The van der Waals surface area contributed by atoms with Crippen LogP contribution in [0.3, 0.4) is 0 Å². The predicted octanol–water partition coefficient (Wildman–Crippen LogP) is 1.89. The topological polar surface area (TPSA) is 47.2 Å². The largest absolute Gasteiger partial charge is 0.497 e. The lowest BCUT2D eigenvalue weighted by molar-refractivity contribution is 0.173. The fraction of sp³-hybridized carbons (Fsp3) is 0.250. The SMILES string of the molecule is COc1ccc2c(C#N)c(C)n(OC)c2c1. The molecule has 16 heavy (non-hydrogen) atoms. The average Bonchev–Trinajstić information content (AvgIpc) is 2.59. The van der Waals surface area contributed by atoms with E-state index in [2.05, 4.69) is 6.07 Å². The van der Waals surface area contributed by atoms with E-state index in [1.807, 2.05) is 25.1 Å². The molecule has 0 aliphatic carbocycles. The van der Waals surface area contributed by atoms with E-state index in [0.29, 0.717) is 5.56 Å². The molecule has 2 aromatic rings. The van der Waals surface area contributed by atoms with Crippen molar-refractivity contribution in [1.29, 1.82) is 5.26 Å². The van der Waals surface area contributed by atoms with Crippen molar-refractivity contribution in [3.05, 3.63) is 29.5 Å². The summed E-state index contributed by atoms with van der Waals surface area (Å²) in [7, 11) is 3.19. The number of benzene rings is 1. The molecule has 0 radical (unpaired) electrons. The first-order valence-electron chi connectivity index (χ1n) is 4.86. The minimum Gasteiger partial charge on any atom is -0.497 e.